The Bertz CT molecular complexity index is 955. The van der Waals surface area contributed by atoms with Crippen LogP contribution in [-0.4, -0.2) is 55.2 Å². The van der Waals surface area contributed by atoms with Gasteiger partial charge < -0.3 is 14.4 Å². The second kappa shape index (κ2) is 7.61. The molecule has 2 rings (SSSR count). The fourth-order valence-electron chi connectivity index (χ4n) is 3.42. The number of carbonyl (C=O) groups excluding carboxylic acids is 3. The van der Waals surface area contributed by atoms with E-state index in [2.05, 4.69) is 6.58 Å². The molecule has 0 spiro atoms. The van der Waals surface area contributed by atoms with E-state index in [9.17, 15) is 33.8 Å². The molecule has 1 aliphatic heterocycles. The topological polar surface area (TPSA) is 76.2 Å². The second-order valence-corrected chi connectivity index (χ2v) is 11.1. The molecule has 13 heteroatoms. The molecule has 7 nitrogen and oxygen atoms in total. The normalized spacial score (nSPS) is 18.6. The Morgan fingerprint density at radius 3 is 2.03 bits per heavy atom. The van der Waals surface area contributed by atoms with Crippen molar-refractivity contribution in [3.05, 3.63) is 36.9 Å². The van der Waals surface area contributed by atoms with E-state index in [-0.39, 0.29) is 37.3 Å². The van der Waals surface area contributed by atoms with Gasteiger partial charge in [-0.3, -0.25) is 9.69 Å². The summed E-state index contributed by atoms with van der Waals surface area (Å²) in [5, 5.41) is 0. The van der Waals surface area contributed by atoms with Gasteiger partial charge in [-0.1, -0.05) is 25.5 Å². The molecule has 1 saturated heterocycles. The Morgan fingerprint density at radius 2 is 1.67 bits per heavy atom. The Hall–Kier alpha value is -2.83. The number of ether oxygens (including phenoxy) is 2. The van der Waals surface area contributed by atoms with Crippen LogP contribution in [0.25, 0.3) is 0 Å². The van der Waals surface area contributed by atoms with E-state index in [1.165, 1.54) is 11.0 Å². The number of nitrogens with zero attached hydrogens (tertiary/aromatic N) is 2. The van der Waals surface area contributed by atoms with Crippen LogP contribution in [0.1, 0.15) is 20.8 Å². The second-order valence-electron chi connectivity index (χ2n) is 8.67. The maximum Gasteiger partial charge on any atom is 0.410 e. The van der Waals surface area contributed by atoms with Crippen molar-refractivity contribution in [3.63, 3.8) is 0 Å². The lowest BCUT2D eigenvalue weighted by Crippen LogP contribution is -2.68. The van der Waals surface area contributed by atoms with Crippen molar-refractivity contribution >= 4 is 34.4 Å². The number of halogens is 5. The van der Waals surface area contributed by atoms with Crippen molar-refractivity contribution < 1.29 is 43.3 Å². The zero-order chi connectivity index (χ0) is 25.5. The van der Waals surface area contributed by atoms with Gasteiger partial charge in [0.05, 0.1) is 12.5 Å². The van der Waals surface area contributed by atoms with Gasteiger partial charge in [0.2, 0.25) is 6.41 Å². The third-order valence-electron chi connectivity index (χ3n) is 4.97. The zero-order valence-electron chi connectivity index (χ0n) is 18.4. The first kappa shape index (κ1) is 26.4. The predicted molar refractivity (Wildman–Crippen MR) is 113 cm³/mol. The predicted octanol–water partition coefficient (Wildman–Crippen LogP) is 5.27. The quantitative estimate of drug-likeness (QED) is 0.221. The summed E-state index contributed by atoms with van der Waals surface area (Å²) in [5.74, 6) is -0.942. The number of methoxy groups -OCH3 is 1. The molecule has 33 heavy (non-hydrogen) atoms. The zero-order valence-corrected chi connectivity index (χ0v) is 19.2. The van der Waals surface area contributed by atoms with E-state index in [1.807, 2.05) is 0 Å². The molecular formula is C20H25F5N2O5S. The van der Waals surface area contributed by atoms with Crippen LogP contribution in [0.15, 0.2) is 41.8 Å². The SMILES string of the molecule is C=CC1([C@@H](C(=O)OC)N(C=O)c2ccc(S(F)(F)(F)(F)F)cc2)CN(C(=O)OC(C)(C)C)C1. The summed E-state index contributed by atoms with van der Waals surface area (Å²) >= 11 is 0. The van der Waals surface area contributed by atoms with E-state index < -0.39 is 44.2 Å². The highest BCUT2D eigenvalue weighted by atomic mass is 32.5. The van der Waals surface area contributed by atoms with Crippen molar-refractivity contribution in [3.8, 4) is 0 Å². The Kier molecular flexibility index (Phi) is 6.09. The van der Waals surface area contributed by atoms with Crippen molar-refractivity contribution in [2.24, 2.45) is 5.41 Å². The third-order valence-corrected chi connectivity index (χ3v) is 6.13. The Balaban J connectivity index is 2.41. The highest BCUT2D eigenvalue weighted by molar-refractivity contribution is 8.45. The fraction of sp³-hybridized carbons (Fsp3) is 0.450. The molecule has 0 N–H and O–H groups in total. The Morgan fingerprint density at radius 1 is 1.15 bits per heavy atom. The maximum absolute atomic E-state index is 13.0. The van der Waals surface area contributed by atoms with Gasteiger partial charge in [0, 0.05) is 18.8 Å². The first-order valence-electron chi connectivity index (χ1n) is 9.54. The molecule has 0 saturated carbocycles. The van der Waals surface area contributed by atoms with E-state index in [4.69, 9.17) is 9.47 Å². The minimum atomic E-state index is -9.92. The lowest BCUT2D eigenvalue weighted by molar-refractivity contribution is -0.148. The molecule has 186 valence electrons. The van der Waals surface area contributed by atoms with Gasteiger partial charge in [0.15, 0.2) is 0 Å². The molecule has 1 aromatic rings. The largest absolute Gasteiger partial charge is 0.467 e. The standard InChI is InChI=1S/C20H25F5N2O5S/c1-6-20(11-26(12-20)18(30)32-19(2,3)4)16(17(29)31-5)27(13-28)14-7-9-15(10-8-14)33(21,22,23,24)25/h6-10,13,16H,1,11-12H2,2-5H3/t16-/m1/s1. The maximum atomic E-state index is 13.0. The summed E-state index contributed by atoms with van der Waals surface area (Å²) in [4.78, 5) is 36.7. The van der Waals surface area contributed by atoms with E-state index in [1.54, 1.807) is 20.8 Å². The number of likely N-dealkylation sites (tertiary alicyclic amines) is 1. The number of benzene rings is 1. The van der Waals surface area contributed by atoms with E-state index >= 15 is 0 Å². The number of anilines is 1. The fourth-order valence-corrected chi connectivity index (χ4v) is 4.07. The summed E-state index contributed by atoms with van der Waals surface area (Å²) in [6.45, 7) is 8.42. The van der Waals surface area contributed by atoms with Crippen molar-refractivity contribution in [1.29, 1.82) is 0 Å². The minimum Gasteiger partial charge on any atom is -0.467 e. The van der Waals surface area contributed by atoms with Crippen LogP contribution in [0.4, 0.5) is 29.9 Å². The lowest BCUT2D eigenvalue weighted by Gasteiger charge is -2.52. The molecule has 0 bridgehead atoms. The van der Waals surface area contributed by atoms with Crippen molar-refractivity contribution in [2.75, 3.05) is 25.1 Å². The molecule has 0 aromatic heterocycles. The van der Waals surface area contributed by atoms with Gasteiger partial charge >= 0.3 is 22.3 Å². The molecule has 1 aromatic carbocycles. The number of rotatable bonds is 7. The average Bonchev–Trinajstić information content (AvgIpc) is 2.63. The van der Waals surface area contributed by atoms with E-state index in [0.717, 1.165) is 12.0 Å². The van der Waals surface area contributed by atoms with Crippen molar-refractivity contribution in [2.45, 2.75) is 37.3 Å². The number of amides is 2. The van der Waals surface area contributed by atoms with Gasteiger partial charge in [-0.15, -0.1) is 6.58 Å². The number of hydrogen-bond acceptors (Lipinski definition) is 5. The summed E-state index contributed by atoms with van der Waals surface area (Å²) in [6, 6.07) is 0.130. The van der Waals surface area contributed by atoms with Gasteiger partial charge in [0.25, 0.3) is 0 Å². The van der Waals surface area contributed by atoms with Crippen LogP contribution in [-0.2, 0) is 19.1 Å². The van der Waals surface area contributed by atoms with Crippen LogP contribution >= 0.6 is 10.2 Å². The van der Waals surface area contributed by atoms with Crippen LogP contribution in [0.2, 0.25) is 0 Å². The molecule has 1 aliphatic rings. The molecule has 0 radical (unpaired) electrons. The van der Waals surface area contributed by atoms with Gasteiger partial charge in [-0.2, -0.15) is 0 Å². The lowest BCUT2D eigenvalue weighted by atomic mass is 9.72. The first-order chi connectivity index (χ1) is 14.8. The molecule has 1 heterocycles. The van der Waals surface area contributed by atoms with Gasteiger partial charge in [-0.25, -0.2) is 9.59 Å². The third kappa shape index (κ3) is 5.75. The average molecular weight is 500 g/mol. The molecule has 0 aliphatic carbocycles. The highest BCUT2D eigenvalue weighted by Crippen LogP contribution is 3.02. The molecular weight excluding hydrogens is 475 g/mol. The van der Waals surface area contributed by atoms with Crippen LogP contribution in [0.3, 0.4) is 0 Å². The molecule has 1 atom stereocenters. The summed E-state index contributed by atoms with van der Waals surface area (Å²) in [6.07, 6.45) is 0.814. The molecule has 0 unspecified atom stereocenters. The van der Waals surface area contributed by atoms with Gasteiger partial charge in [0.1, 0.15) is 16.5 Å². The minimum absolute atomic E-state index is 0.112. The summed E-state index contributed by atoms with van der Waals surface area (Å²) < 4.78 is 75.2. The Labute approximate surface area is 187 Å². The van der Waals surface area contributed by atoms with Crippen molar-refractivity contribution in [1.82, 2.24) is 4.90 Å². The van der Waals surface area contributed by atoms with E-state index in [0.29, 0.717) is 12.1 Å². The molecule has 1 fully saturated rings. The monoisotopic (exact) mass is 500 g/mol. The van der Waals surface area contributed by atoms with Crippen LogP contribution < -0.4 is 4.90 Å². The summed E-state index contributed by atoms with van der Waals surface area (Å²) in [5.41, 5.74) is -2.28. The number of esters is 1. The number of hydrogen-bond donors (Lipinski definition) is 0. The highest BCUT2D eigenvalue weighted by Gasteiger charge is 2.65. The summed E-state index contributed by atoms with van der Waals surface area (Å²) in [7, 11) is -8.89. The smallest absolute Gasteiger partial charge is 0.410 e. The number of carbonyl (C=O) groups is 3. The van der Waals surface area contributed by atoms with Gasteiger partial charge in [-0.05, 0) is 45.0 Å². The van der Waals surface area contributed by atoms with Crippen LogP contribution in [0, 0.1) is 5.41 Å². The van der Waals surface area contributed by atoms with Crippen LogP contribution in [0.5, 0.6) is 0 Å². The first-order valence-corrected chi connectivity index (χ1v) is 11.5. The molecule has 2 amide bonds.